The Morgan fingerprint density at radius 2 is 2.18 bits per heavy atom. The van der Waals surface area contributed by atoms with E-state index in [-0.39, 0.29) is 24.5 Å². The molecule has 1 amide bonds. The lowest BCUT2D eigenvalue weighted by Crippen LogP contribution is -2.56. The normalized spacial score (nSPS) is 37.0. The van der Waals surface area contributed by atoms with Gasteiger partial charge in [-0.15, -0.1) is 0 Å². The third kappa shape index (κ3) is 2.58. The number of amides is 1. The molecule has 1 heterocycles. The summed E-state index contributed by atoms with van der Waals surface area (Å²) in [6.07, 6.45) is 2.35. The van der Waals surface area contributed by atoms with Crippen LogP contribution in [0.1, 0.15) is 25.7 Å². The number of hydrogen-bond donors (Lipinski definition) is 3. The molecule has 1 aliphatic heterocycles. The minimum Gasteiger partial charge on any atom is -0.481 e. The predicted octanol–water partition coefficient (Wildman–Crippen LogP) is -0.526. The van der Waals surface area contributed by atoms with Gasteiger partial charge in [-0.3, -0.25) is 9.59 Å². The van der Waals surface area contributed by atoms with Gasteiger partial charge in [0.1, 0.15) is 5.54 Å². The minimum absolute atomic E-state index is 0.0652. The van der Waals surface area contributed by atoms with E-state index in [1.54, 1.807) is 0 Å². The van der Waals surface area contributed by atoms with Gasteiger partial charge in [0.2, 0.25) is 5.91 Å². The molecule has 0 bridgehead atoms. The highest BCUT2D eigenvalue weighted by atomic mass is 16.5. The molecule has 2 aliphatic rings. The molecule has 0 aromatic carbocycles. The van der Waals surface area contributed by atoms with Crippen LogP contribution in [0.4, 0.5) is 0 Å². The average Bonchev–Trinajstić information content (AvgIpc) is 2.88. The molecule has 0 spiro atoms. The Kier molecular flexibility index (Phi) is 3.35. The van der Waals surface area contributed by atoms with Crippen molar-refractivity contribution in [2.24, 2.45) is 11.7 Å². The zero-order valence-corrected chi connectivity index (χ0v) is 9.65. The zero-order valence-electron chi connectivity index (χ0n) is 9.65. The third-order valence-corrected chi connectivity index (χ3v) is 3.62. The molecule has 4 N–H and O–H groups in total. The monoisotopic (exact) mass is 242 g/mol. The second-order valence-electron chi connectivity index (χ2n) is 4.98. The molecule has 2 fully saturated rings. The molecule has 1 saturated carbocycles. The first kappa shape index (κ1) is 12.3. The predicted molar refractivity (Wildman–Crippen MR) is 59.3 cm³/mol. The number of carbonyl (C=O) groups is 2. The van der Waals surface area contributed by atoms with Crippen LogP contribution in [-0.2, 0) is 14.3 Å². The van der Waals surface area contributed by atoms with E-state index < -0.39 is 11.5 Å². The topological polar surface area (TPSA) is 102 Å². The molecule has 1 saturated heterocycles. The molecule has 6 nitrogen and oxygen atoms in total. The quantitative estimate of drug-likeness (QED) is 0.617. The van der Waals surface area contributed by atoms with Crippen LogP contribution >= 0.6 is 0 Å². The third-order valence-electron chi connectivity index (χ3n) is 3.62. The van der Waals surface area contributed by atoms with Gasteiger partial charge >= 0.3 is 5.97 Å². The van der Waals surface area contributed by atoms with Crippen LogP contribution < -0.4 is 11.1 Å². The van der Waals surface area contributed by atoms with Gasteiger partial charge in [-0.1, -0.05) is 0 Å². The number of carbonyl (C=O) groups excluding carboxylic acids is 1. The first-order chi connectivity index (χ1) is 8.01. The molecule has 0 radical (unpaired) electrons. The van der Waals surface area contributed by atoms with E-state index in [4.69, 9.17) is 15.6 Å². The lowest BCUT2D eigenvalue weighted by molar-refractivity contribution is -0.141. The summed E-state index contributed by atoms with van der Waals surface area (Å²) in [6.45, 7) is 0.750. The number of carboxylic acid groups (broad SMARTS) is 1. The summed E-state index contributed by atoms with van der Waals surface area (Å²) >= 11 is 0. The van der Waals surface area contributed by atoms with Crippen LogP contribution in [0.2, 0.25) is 0 Å². The fraction of sp³-hybridized carbons (Fsp3) is 0.818. The minimum atomic E-state index is -0.929. The molecule has 0 aromatic heterocycles. The molecule has 17 heavy (non-hydrogen) atoms. The Balaban J connectivity index is 1.86. The van der Waals surface area contributed by atoms with Gasteiger partial charge in [-0.25, -0.2) is 0 Å². The van der Waals surface area contributed by atoms with Crippen molar-refractivity contribution in [1.82, 2.24) is 5.32 Å². The van der Waals surface area contributed by atoms with Crippen LogP contribution in [0.15, 0.2) is 0 Å². The number of nitrogens with one attached hydrogen (secondary N) is 1. The van der Waals surface area contributed by atoms with Crippen LogP contribution in [0.3, 0.4) is 0 Å². The Labute approximate surface area is 99.5 Å². The van der Waals surface area contributed by atoms with Gasteiger partial charge in [0, 0.05) is 12.6 Å². The highest BCUT2D eigenvalue weighted by Gasteiger charge is 2.40. The number of aliphatic carboxylic acids is 1. The van der Waals surface area contributed by atoms with E-state index >= 15 is 0 Å². The van der Waals surface area contributed by atoms with E-state index in [0.29, 0.717) is 32.3 Å². The maximum atomic E-state index is 11.9. The van der Waals surface area contributed by atoms with E-state index in [0.717, 1.165) is 0 Å². The van der Waals surface area contributed by atoms with Crippen molar-refractivity contribution in [3.8, 4) is 0 Å². The lowest BCUT2D eigenvalue weighted by Gasteiger charge is -2.23. The maximum absolute atomic E-state index is 11.9. The van der Waals surface area contributed by atoms with Crippen LogP contribution in [0.25, 0.3) is 0 Å². The molecule has 0 aromatic rings. The number of carboxylic acids is 1. The van der Waals surface area contributed by atoms with E-state index in [1.165, 1.54) is 0 Å². The van der Waals surface area contributed by atoms with Crippen LogP contribution in [-0.4, -0.2) is 41.8 Å². The lowest BCUT2D eigenvalue weighted by atomic mass is 9.98. The van der Waals surface area contributed by atoms with Gasteiger partial charge in [0.05, 0.1) is 12.5 Å². The maximum Gasteiger partial charge on any atom is 0.306 e. The van der Waals surface area contributed by atoms with Crippen molar-refractivity contribution in [2.45, 2.75) is 37.3 Å². The molecule has 96 valence electrons. The fourth-order valence-electron chi connectivity index (χ4n) is 2.43. The molecule has 1 unspecified atom stereocenters. The summed E-state index contributed by atoms with van der Waals surface area (Å²) in [4.78, 5) is 22.7. The largest absolute Gasteiger partial charge is 0.481 e. The second-order valence-corrected chi connectivity index (χ2v) is 4.98. The molecule has 2 rings (SSSR count). The molecule has 1 aliphatic carbocycles. The SMILES string of the molecule is NC1(C(=O)N[C@H]2CC[C@@H](C(=O)O)C2)CCOC1. The molecule has 6 heteroatoms. The number of rotatable bonds is 3. The van der Waals surface area contributed by atoms with Gasteiger partial charge in [0.25, 0.3) is 0 Å². The van der Waals surface area contributed by atoms with Gasteiger partial charge in [-0.2, -0.15) is 0 Å². The average molecular weight is 242 g/mol. The molecule has 3 atom stereocenters. The van der Waals surface area contributed by atoms with Crippen LogP contribution in [0.5, 0.6) is 0 Å². The van der Waals surface area contributed by atoms with Gasteiger partial charge in [0.15, 0.2) is 0 Å². The number of ether oxygens (including phenoxy) is 1. The summed E-state index contributed by atoms with van der Waals surface area (Å²) in [7, 11) is 0. The molecular formula is C11H18N2O4. The van der Waals surface area contributed by atoms with Crippen molar-refractivity contribution < 1.29 is 19.4 Å². The summed E-state index contributed by atoms with van der Waals surface area (Å²) in [5, 5.41) is 11.7. The Bertz CT molecular complexity index is 325. The van der Waals surface area contributed by atoms with Crippen molar-refractivity contribution in [1.29, 1.82) is 0 Å². The van der Waals surface area contributed by atoms with E-state index in [2.05, 4.69) is 5.32 Å². The van der Waals surface area contributed by atoms with Gasteiger partial charge < -0.3 is 20.9 Å². The van der Waals surface area contributed by atoms with E-state index in [9.17, 15) is 9.59 Å². The van der Waals surface area contributed by atoms with Crippen molar-refractivity contribution >= 4 is 11.9 Å². The van der Waals surface area contributed by atoms with Crippen LogP contribution in [0, 0.1) is 5.92 Å². The number of hydrogen-bond acceptors (Lipinski definition) is 4. The standard InChI is InChI=1S/C11H18N2O4/c12-11(3-4-17-6-11)10(16)13-8-2-1-7(5-8)9(14)15/h7-8H,1-6,12H2,(H,13,16)(H,14,15)/t7-,8+,11?/m1/s1. The summed E-state index contributed by atoms with van der Waals surface area (Å²) in [5.74, 6) is -1.34. The Morgan fingerprint density at radius 3 is 2.71 bits per heavy atom. The highest BCUT2D eigenvalue weighted by Crippen LogP contribution is 2.26. The molecular weight excluding hydrogens is 224 g/mol. The zero-order chi connectivity index (χ0) is 12.5. The highest BCUT2D eigenvalue weighted by molar-refractivity contribution is 5.87. The summed E-state index contributed by atoms with van der Waals surface area (Å²) < 4.78 is 5.13. The van der Waals surface area contributed by atoms with Crippen molar-refractivity contribution in [3.63, 3.8) is 0 Å². The van der Waals surface area contributed by atoms with Crippen molar-refractivity contribution in [3.05, 3.63) is 0 Å². The first-order valence-electron chi connectivity index (χ1n) is 5.92. The smallest absolute Gasteiger partial charge is 0.306 e. The van der Waals surface area contributed by atoms with Crippen molar-refractivity contribution in [2.75, 3.05) is 13.2 Å². The van der Waals surface area contributed by atoms with E-state index in [1.807, 2.05) is 0 Å². The first-order valence-corrected chi connectivity index (χ1v) is 5.92. The summed E-state index contributed by atoms with van der Waals surface area (Å²) in [5.41, 5.74) is 4.99. The Morgan fingerprint density at radius 1 is 1.41 bits per heavy atom. The fourth-order valence-corrected chi connectivity index (χ4v) is 2.43. The Hall–Kier alpha value is -1.14. The summed E-state index contributed by atoms with van der Waals surface area (Å²) in [6, 6.07) is -0.0652. The van der Waals surface area contributed by atoms with Gasteiger partial charge in [-0.05, 0) is 25.7 Å². The second kappa shape index (κ2) is 4.62. The number of nitrogens with two attached hydrogens (primary N) is 1.